The van der Waals surface area contributed by atoms with E-state index in [4.69, 9.17) is 5.10 Å². The van der Waals surface area contributed by atoms with E-state index in [1.165, 1.54) is 0 Å². The lowest BCUT2D eigenvalue weighted by molar-refractivity contribution is -0.385. The maximum atomic E-state index is 12.8. The number of nitrogens with zero attached hydrogens (tertiary/aromatic N) is 4. The summed E-state index contributed by atoms with van der Waals surface area (Å²) in [7, 11) is 0. The van der Waals surface area contributed by atoms with Crippen LogP contribution < -0.4 is 10.9 Å². The van der Waals surface area contributed by atoms with Crippen LogP contribution in [-0.2, 0) is 11.3 Å². The van der Waals surface area contributed by atoms with Crippen molar-refractivity contribution in [2.75, 3.05) is 5.32 Å². The highest BCUT2D eigenvalue weighted by atomic mass is 16.6. The maximum absolute atomic E-state index is 12.8. The molecule has 0 atom stereocenters. The standard InChI is InChI=1S/C24H21N5O4/c1-16-8-9-17(2)20(12-16)21-13-22(28(26-21)18-6-4-3-5-7-18)25-23(30)15-27-14-19(29(32)33)10-11-24(27)31/h3-14H,15H2,1-2H3,(H,25,30). The second-order valence-corrected chi connectivity index (χ2v) is 7.64. The molecule has 2 aromatic carbocycles. The molecule has 2 heterocycles. The van der Waals surface area contributed by atoms with Gasteiger partial charge >= 0.3 is 0 Å². The summed E-state index contributed by atoms with van der Waals surface area (Å²) in [5.74, 6) is -0.0946. The number of amides is 1. The molecule has 0 aliphatic rings. The number of pyridine rings is 1. The van der Waals surface area contributed by atoms with E-state index in [9.17, 15) is 19.7 Å². The molecule has 0 fully saturated rings. The van der Waals surface area contributed by atoms with Crippen LogP contribution >= 0.6 is 0 Å². The van der Waals surface area contributed by atoms with Gasteiger partial charge in [-0.3, -0.25) is 24.3 Å². The van der Waals surface area contributed by atoms with E-state index in [0.717, 1.165) is 45.3 Å². The van der Waals surface area contributed by atoms with E-state index >= 15 is 0 Å². The van der Waals surface area contributed by atoms with Crippen LogP contribution in [0.2, 0.25) is 0 Å². The molecular formula is C24H21N5O4. The van der Waals surface area contributed by atoms with Crippen molar-refractivity contribution in [3.05, 3.63) is 105 Å². The van der Waals surface area contributed by atoms with Crippen LogP contribution in [0.5, 0.6) is 0 Å². The van der Waals surface area contributed by atoms with Gasteiger partial charge in [-0.05, 0) is 37.6 Å². The monoisotopic (exact) mass is 443 g/mol. The molecule has 33 heavy (non-hydrogen) atoms. The molecule has 0 saturated heterocycles. The summed E-state index contributed by atoms with van der Waals surface area (Å²) in [5, 5.41) is 18.5. The molecule has 4 rings (SSSR count). The number of nitrogens with one attached hydrogen (secondary N) is 1. The summed E-state index contributed by atoms with van der Waals surface area (Å²) in [6.45, 7) is 3.61. The number of hydrogen-bond donors (Lipinski definition) is 1. The Kier molecular flexibility index (Phi) is 5.86. The first-order chi connectivity index (χ1) is 15.8. The Balaban J connectivity index is 1.69. The van der Waals surface area contributed by atoms with Crippen LogP contribution in [0.3, 0.4) is 0 Å². The zero-order valence-electron chi connectivity index (χ0n) is 18.1. The van der Waals surface area contributed by atoms with Crippen molar-refractivity contribution in [1.29, 1.82) is 0 Å². The third-order valence-corrected chi connectivity index (χ3v) is 5.14. The number of benzene rings is 2. The summed E-state index contributed by atoms with van der Waals surface area (Å²) in [6.07, 6.45) is 1.05. The lowest BCUT2D eigenvalue weighted by Gasteiger charge is -2.09. The SMILES string of the molecule is Cc1ccc(C)c(-c2cc(NC(=O)Cn3cc([N+](=O)[O-])ccc3=O)n(-c3ccccc3)n2)c1. The molecule has 1 amide bonds. The van der Waals surface area contributed by atoms with Crippen molar-refractivity contribution in [2.24, 2.45) is 0 Å². The van der Waals surface area contributed by atoms with Crippen LogP contribution in [0.25, 0.3) is 16.9 Å². The molecule has 1 N–H and O–H groups in total. The van der Waals surface area contributed by atoms with Gasteiger partial charge in [0, 0.05) is 23.8 Å². The summed E-state index contributed by atoms with van der Waals surface area (Å²) < 4.78 is 2.62. The second-order valence-electron chi connectivity index (χ2n) is 7.64. The number of aromatic nitrogens is 3. The van der Waals surface area contributed by atoms with Gasteiger partial charge in [0.05, 0.1) is 22.5 Å². The summed E-state index contributed by atoms with van der Waals surface area (Å²) in [5.41, 5.74) is 3.71. The van der Waals surface area contributed by atoms with Crippen molar-refractivity contribution in [3.8, 4) is 16.9 Å². The molecule has 0 radical (unpaired) electrons. The zero-order chi connectivity index (χ0) is 23.5. The summed E-state index contributed by atoms with van der Waals surface area (Å²) >= 11 is 0. The number of para-hydroxylation sites is 1. The minimum absolute atomic E-state index is 0.270. The van der Waals surface area contributed by atoms with E-state index in [-0.39, 0.29) is 12.2 Å². The van der Waals surface area contributed by atoms with Gasteiger partial charge in [-0.15, -0.1) is 0 Å². The number of aryl methyl sites for hydroxylation is 2. The molecule has 0 aliphatic heterocycles. The molecular weight excluding hydrogens is 422 g/mol. The van der Waals surface area contributed by atoms with Crippen molar-refractivity contribution in [2.45, 2.75) is 20.4 Å². The van der Waals surface area contributed by atoms with Gasteiger partial charge in [0.25, 0.3) is 11.2 Å². The van der Waals surface area contributed by atoms with E-state index in [1.807, 2.05) is 62.4 Å². The van der Waals surface area contributed by atoms with E-state index in [2.05, 4.69) is 5.32 Å². The van der Waals surface area contributed by atoms with Crippen LogP contribution in [0.1, 0.15) is 11.1 Å². The Morgan fingerprint density at radius 1 is 1.06 bits per heavy atom. The van der Waals surface area contributed by atoms with Crippen molar-refractivity contribution in [3.63, 3.8) is 0 Å². The third-order valence-electron chi connectivity index (χ3n) is 5.14. The lowest BCUT2D eigenvalue weighted by Crippen LogP contribution is -2.27. The summed E-state index contributed by atoms with van der Waals surface area (Å²) in [4.78, 5) is 35.2. The van der Waals surface area contributed by atoms with Crippen molar-refractivity contribution in [1.82, 2.24) is 14.3 Å². The zero-order valence-corrected chi connectivity index (χ0v) is 18.1. The highest BCUT2D eigenvalue weighted by Gasteiger charge is 2.16. The topological polar surface area (TPSA) is 112 Å². The van der Waals surface area contributed by atoms with Gasteiger partial charge < -0.3 is 5.32 Å². The molecule has 166 valence electrons. The van der Waals surface area contributed by atoms with Gasteiger partial charge in [0.2, 0.25) is 5.91 Å². The minimum Gasteiger partial charge on any atom is -0.309 e. The molecule has 9 nitrogen and oxygen atoms in total. The largest absolute Gasteiger partial charge is 0.309 e. The van der Waals surface area contributed by atoms with E-state index in [0.29, 0.717) is 11.5 Å². The number of nitro groups is 1. The van der Waals surface area contributed by atoms with Gasteiger partial charge in [0.15, 0.2) is 0 Å². The van der Waals surface area contributed by atoms with E-state index < -0.39 is 16.4 Å². The predicted molar refractivity (Wildman–Crippen MR) is 124 cm³/mol. The molecule has 0 unspecified atom stereocenters. The van der Waals surface area contributed by atoms with E-state index in [1.54, 1.807) is 10.7 Å². The highest BCUT2D eigenvalue weighted by Crippen LogP contribution is 2.28. The van der Waals surface area contributed by atoms with Crippen molar-refractivity contribution >= 4 is 17.4 Å². The van der Waals surface area contributed by atoms with Crippen molar-refractivity contribution < 1.29 is 9.72 Å². The lowest BCUT2D eigenvalue weighted by atomic mass is 10.0. The molecule has 9 heteroatoms. The van der Waals surface area contributed by atoms with Gasteiger partial charge in [-0.2, -0.15) is 5.10 Å². The summed E-state index contributed by atoms with van der Waals surface area (Å²) in [6, 6.07) is 19.3. The number of carbonyl (C=O) groups excluding carboxylic acids is 1. The van der Waals surface area contributed by atoms with Gasteiger partial charge in [0.1, 0.15) is 12.4 Å². The molecule has 0 saturated carbocycles. The average Bonchev–Trinajstić information content (AvgIpc) is 3.20. The number of anilines is 1. The minimum atomic E-state index is -0.616. The normalized spacial score (nSPS) is 10.7. The fraction of sp³-hybridized carbons (Fsp3) is 0.125. The highest BCUT2D eigenvalue weighted by molar-refractivity contribution is 5.90. The van der Waals surface area contributed by atoms with Crippen LogP contribution in [0, 0.1) is 24.0 Å². The second kappa shape index (κ2) is 8.91. The predicted octanol–water partition coefficient (Wildman–Crippen LogP) is 3.86. The fourth-order valence-corrected chi connectivity index (χ4v) is 3.47. The Hall–Kier alpha value is -4.53. The smallest absolute Gasteiger partial charge is 0.285 e. The Labute approximate surface area is 189 Å². The quantitative estimate of drug-likeness (QED) is 0.359. The van der Waals surface area contributed by atoms with Crippen LogP contribution in [-0.4, -0.2) is 25.2 Å². The molecule has 0 spiro atoms. The number of carbonyl (C=O) groups is 1. The molecule has 2 aromatic heterocycles. The third kappa shape index (κ3) is 4.72. The fourth-order valence-electron chi connectivity index (χ4n) is 3.47. The first-order valence-corrected chi connectivity index (χ1v) is 10.2. The maximum Gasteiger partial charge on any atom is 0.285 e. The first kappa shape index (κ1) is 21.7. The van der Waals surface area contributed by atoms with Gasteiger partial charge in [-0.25, -0.2) is 4.68 Å². The average molecular weight is 443 g/mol. The molecule has 4 aromatic rings. The Morgan fingerprint density at radius 2 is 1.82 bits per heavy atom. The first-order valence-electron chi connectivity index (χ1n) is 10.2. The number of rotatable bonds is 6. The van der Waals surface area contributed by atoms with Crippen LogP contribution in [0.4, 0.5) is 11.5 Å². The van der Waals surface area contributed by atoms with Gasteiger partial charge in [-0.1, -0.05) is 35.9 Å². The number of hydrogen-bond acceptors (Lipinski definition) is 5. The van der Waals surface area contributed by atoms with Crippen LogP contribution in [0.15, 0.2) is 77.7 Å². The Bertz CT molecular complexity index is 1410. The molecule has 0 bridgehead atoms. The Morgan fingerprint density at radius 3 is 2.55 bits per heavy atom. The molecule has 0 aliphatic carbocycles.